The molecule has 0 aliphatic carbocycles. The fourth-order valence-electron chi connectivity index (χ4n) is 3.09. The van der Waals surface area contributed by atoms with E-state index in [2.05, 4.69) is 92.3 Å². The van der Waals surface area contributed by atoms with Crippen LogP contribution in [0.15, 0.2) is 40.9 Å². The van der Waals surface area contributed by atoms with Gasteiger partial charge in [0.1, 0.15) is 0 Å². The maximum atomic E-state index is 3.61. The summed E-state index contributed by atoms with van der Waals surface area (Å²) in [6.45, 7) is 11.4. The molecule has 21 heavy (non-hydrogen) atoms. The Kier molecular flexibility index (Phi) is 3.21. The molecule has 0 bridgehead atoms. The van der Waals surface area contributed by atoms with Crippen molar-refractivity contribution < 1.29 is 0 Å². The molecule has 2 heteroatoms. The average molecular weight is 344 g/mol. The van der Waals surface area contributed by atoms with Gasteiger partial charge in [0.2, 0.25) is 0 Å². The van der Waals surface area contributed by atoms with E-state index in [0.29, 0.717) is 0 Å². The Hall–Kier alpha value is -1.28. The van der Waals surface area contributed by atoms with E-state index in [9.17, 15) is 0 Å². The summed E-state index contributed by atoms with van der Waals surface area (Å²) in [5.74, 6) is 0. The van der Waals surface area contributed by atoms with E-state index in [1.807, 2.05) is 0 Å². The number of halogens is 1. The third kappa shape index (κ3) is 2.40. The van der Waals surface area contributed by atoms with Gasteiger partial charge in [0, 0.05) is 21.3 Å². The highest BCUT2D eigenvalue weighted by molar-refractivity contribution is 9.10. The van der Waals surface area contributed by atoms with Crippen molar-refractivity contribution >= 4 is 27.3 Å². The number of benzene rings is 2. The fraction of sp³-hybridized carbons (Fsp3) is 0.368. The first kappa shape index (κ1) is 14.6. The zero-order valence-corrected chi connectivity index (χ0v) is 14.9. The Morgan fingerprint density at radius 1 is 0.905 bits per heavy atom. The number of anilines is 2. The van der Waals surface area contributed by atoms with Gasteiger partial charge in [-0.15, -0.1) is 0 Å². The molecule has 0 radical (unpaired) electrons. The van der Waals surface area contributed by atoms with Crippen molar-refractivity contribution in [1.29, 1.82) is 0 Å². The maximum Gasteiger partial charge on any atom is 0.0428 e. The van der Waals surface area contributed by atoms with Gasteiger partial charge in [0.25, 0.3) is 0 Å². The molecule has 0 amide bonds. The van der Waals surface area contributed by atoms with E-state index in [0.717, 1.165) is 4.47 Å². The van der Waals surface area contributed by atoms with Crippen LogP contribution in [-0.4, -0.2) is 0 Å². The molecule has 1 nitrogen and oxygen atoms in total. The van der Waals surface area contributed by atoms with E-state index in [4.69, 9.17) is 0 Å². The van der Waals surface area contributed by atoms with Crippen molar-refractivity contribution in [1.82, 2.24) is 0 Å². The molecule has 0 saturated carbocycles. The highest BCUT2D eigenvalue weighted by Gasteiger charge is 2.33. The second-order valence-corrected chi connectivity index (χ2v) is 8.37. The minimum absolute atomic E-state index is 0.0100. The Labute approximate surface area is 135 Å². The lowest BCUT2D eigenvalue weighted by Gasteiger charge is -2.36. The van der Waals surface area contributed by atoms with Crippen LogP contribution >= 0.6 is 15.9 Å². The number of fused-ring (bicyclic) bond motifs is 2. The molecule has 0 saturated heterocycles. The number of hydrogen-bond donors (Lipinski definition) is 1. The minimum atomic E-state index is 0.0100. The molecule has 1 N–H and O–H groups in total. The first-order valence-electron chi connectivity index (χ1n) is 7.42. The Morgan fingerprint density at radius 3 is 2.29 bits per heavy atom. The molecule has 0 aromatic heterocycles. The minimum Gasteiger partial charge on any atom is -0.355 e. The third-order valence-corrected chi connectivity index (χ3v) is 4.98. The van der Waals surface area contributed by atoms with Gasteiger partial charge in [0.05, 0.1) is 0 Å². The van der Waals surface area contributed by atoms with Crippen molar-refractivity contribution in [3.05, 3.63) is 57.6 Å². The average Bonchev–Trinajstić information content (AvgIpc) is 2.38. The number of nitrogens with one attached hydrogen (secondary N) is 1. The van der Waals surface area contributed by atoms with E-state index in [-0.39, 0.29) is 10.8 Å². The highest BCUT2D eigenvalue weighted by Crippen LogP contribution is 2.46. The Balaban J connectivity index is 2.18. The summed E-state index contributed by atoms with van der Waals surface area (Å²) in [6.07, 6.45) is 0. The molecule has 110 valence electrons. The second kappa shape index (κ2) is 4.61. The van der Waals surface area contributed by atoms with Crippen molar-refractivity contribution in [2.24, 2.45) is 0 Å². The maximum absolute atomic E-state index is 3.61. The second-order valence-electron chi connectivity index (χ2n) is 7.45. The summed E-state index contributed by atoms with van der Waals surface area (Å²) < 4.78 is 1.13. The number of rotatable bonds is 0. The zero-order chi connectivity index (χ0) is 15.4. The topological polar surface area (TPSA) is 12.0 Å². The van der Waals surface area contributed by atoms with E-state index in [1.54, 1.807) is 0 Å². The molecular formula is C19H22BrN. The molecule has 0 unspecified atom stereocenters. The quantitative estimate of drug-likeness (QED) is 0.606. The van der Waals surface area contributed by atoms with Crippen LogP contribution in [0.4, 0.5) is 11.4 Å². The first-order chi connectivity index (χ1) is 9.69. The monoisotopic (exact) mass is 343 g/mol. The molecule has 2 aromatic carbocycles. The summed E-state index contributed by atoms with van der Waals surface area (Å²) >= 11 is 3.59. The highest BCUT2D eigenvalue weighted by atomic mass is 79.9. The van der Waals surface area contributed by atoms with E-state index in [1.165, 1.54) is 28.1 Å². The van der Waals surface area contributed by atoms with Crippen LogP contribution in [0.5, 0.6) is 0 Å². The zero-order valence-electron chi connectivity index (χ0n) is 13.3. The van der Waals surface area contributed by atoms with Crippen molar-refractivity contribution in [2.45, 2.75) is 45.4 Å². The van der Waals surface area contributed by atoms with Crippen LogP contribution in [0.1, 0.15) is 51.3 Å². The SMILES string of the molecule is CC(C)(C)c1ccc2c(c1)Nc1ccc(Br)cc1C2(C)C. The lowest BCUT2D eigenvalue weighted by Crippen LogP contribution is -2.26. The van der Waals surface area contributed by atoms with Crippen molar-refractivity contribution in [3.63, 3.8) is 0 Å². The summed E-state index contributed by atoms with van der Waals surface area (Å²) in [7, 11) is 0. The van der Waals surface area contributed by atoms with Gasteiger partial charge in [-0.1, -0.05) is 62.7 Å². The van der Waals surface area contributed by atoms with Crippen LogP contribution in [0.3, 0.4) is 0 Å². The van der Waals surface area contributed by atoms with Gasteiger partial charge in [-0.05, 0) is 46.4 Å². The van der Waals surface area contributed by atoms with Gasteiger partial charge in [0.15, 0.2) is 0 Å². The van der Waals surface area contributed by atoms with Crippen molar-refractivity contribution in [2.75, 3.05) is 5.32 Å². The standard InChI is InChI=1S/C19H22BrN/c1-18(2,3)12-6-8-14-17(10-12)21-16-9-7-13(20)11-15(16)19(14,4)5/h6-11,21H,1-5H3. The van der Waals surface area contributed by atoms with Crippen LogP contribution in [-0.2, 0) is 10.8 Å². The fourth-order valence-corrected chi connectivity index (χ4v) is 3.45. The van der Waals surface area contributed by atoms with Crippen LogP contribution in [0.2, 0.25) is 0 Å². The van der Waals surface area contributed by atoms with Gasteiger partial charge in [-0.3, -0.25) is 0 Å². The molecule has 0 spiro atoms. The molecule has 0 atom stereocenters. The summed E-state index contributed by atoms with van der Waals surface area (Å²) in [5.41, 5.74) is 6.69. The molecule has 1 aliphatic heterocycles. The van der Waals surface area contributed by atoms with Gasteiger partial charge >= 0.3 is 0 Å². The first-order valence-corrected chi connectivity index (χ1v) is 8.21. The van der Waals surface area contributed by atoms with Gasteiger partial charge < -0.3 is 5.32 Å². The Morgan fingerprint density at radius 2 is 1.62 bits per heavy atom. The lowest BCUT2D eigenvalue weighted by atomic mass is 9.73. The molecule has 1 heterocycles. The molecule has 2 aromatic rings. The van der Waals surface area contributed by atoms with Crippen LogP contribution in [0, 0.1) is 0 Å². The third-order valence-electron chi connectivity index (χ3n) is 4.48. The van der Waals surface area contributed by atoms with Crippen LogP contribution < -0.4 is 5.32 Å². The predicted octanol–water partition coefficient (Wildman–Crippen LogP) is 6.13. The molecule has 0 fully saturated rings. The van der Waals surface area contributed by atoms with Gasteiger partial charge in [-0.25, -0.2) is 0 Å². The van der Waals surface area contributed by atoms with Gasteiger partial charge in [-0.2, -0.15) is 0 Å². The number of hydrogen-bond acceptors (Lipinski definition) is 1. The molecular weight excluding hydrogens is 322 g/mol. The summed E-state index contributed by atoms with van der Waals surface area (Å²) in [5, 5.41) is 3.61. The normalized spacial score (nSPS) is 15.9. The largest absolute Gasteiger partial charge is 0.355 e. The van der Waals surface area contributed by atoms with Crippen LogP contribution in [0.25, 0.3) is 0 Å². The lowest BCUT2D eigenvalue weighted by molar-refractivity contribution is 0.587. The molecule has 1 aliphatic rings. The van der Waals surface area contributed by atoms with E-state index >= 15 is 0 Å². The predicted molar refractivity (Wildman–Crippen MR) is 94.7 cm³/mol. The summed E-state index contributed by atoms with van der Waals surface area (Å²) in [4.78, 5) is 0. The van der Waals surface area contributed by atoms with E-state index < -0.39 is 0 Å². The molecule has 3 rings (SSSR count). The van der Waals surface area contributed by atoms with Crippen molar-refractivity contribution in [3.8, 4) is 0 Å². The summed E-state index contributed by atoms with van der Waals surface area (Å²) in [6, 6.07) is 13.3. The Bertz CT molecular complexity index is 708. The smallest absolute Gasteiger partial charge is 0.0428 e.